The topological polar surface area (TPSA) is 24.3 Å². The zero-order chi connectivity index (χ0) is 34.2. The first kappa shape index (κ1) is 29.5. The third kappa shape index (κ3) is 4.11. The number of rotatable bonds is 4. The van der Waals surface area contributed by atoms with Gasteiger partial charge in [0.15, 0.2) is 0 Å². The maximum Gasteiger partial charge on any atom is 0.217 e. The first-order chi connectivity index (χ1) is 25.1. The molecule has 10 rings (SSSR count). The fourth-order valence-corrected chi connectivity index (χ4v) is 8.75. The largest absolute Gasteiger partial charge is 0.310 e. The number of nitrogens with zero attached hydrogens (tertiary/aromatic N) is 4. The van der Waals surface area contributed by atoms with Gasteiger partial charge >= 0.3 is 0 Å². The molecule has 244 valence electrons. The number of para-hydroxylation sites is 5. The van der Waals surface area contributed by atoms with Crippen LogP contribution in [0.15, 0.2) is 182 Å². The Kier molecular flexibility index (Phi) is 6.40. The molecule has 0 spiro atoms. The molecule has 0 unspecified atom stereocenters. The molecule has 0 aliphatic carbocycles. The van der Waals surface area contributed by atoms with Gasteiger partial charge in [-0.15, -0.1) is 0 Å². The summed E-state index contributed by atoms with van der Waals surface area (Å²) >= 11 is 0. The highest BCUT2D eigenvalue weighted by Crippen LogP contribution is 2.57. The summed E-state index contributed by atoms with van der Waals surface area (Å²) < 4.78 is 2.35. The Bertz CT molecular complexity index is 2480. The molecule has 2 aliphatic rings. The van der Waals surface area contributed by atoms with Crippen LogP contribution in [-0.2, 0) is 11.0 Å². The van der Waals surface area contributed by atoms with Gasteiger partial charge in [-0.25, -0.2) is 4.98 Å². The van der Waals surface area contributed by atoms with E-state index in [-0.39, 0.29) is 5.41 Å². The number of imidazole rings is 1. The van der Waals surface area contributed by atoms with Gasteiger partial charge in [0, 0.05) is 22.4 Å². The van der Waals surface area contributed by atoms with Crippen molar-refractivity contribution in [3.8, 4) is 5.69 Å². The van der Waals surface area contributed by atoms with Crippen molar-refractivity contribution in [2.24, 2.45) is 0 Å². The number of hydrogen-bond donors (Lipinski definition) is 0. The zero-order valence-corrected chi connectivity index (χ0v) is 28.6. The van der Waals surface area contributed by atoms with E-state index >= 15 is 0 Å². The molecule has 3 heterocycles. The van der Waals surface area contributed by atoms with Crippen LogP contribution in [0.4, 0.5) is 28.7 Å². The van der Waals surface area contributed by atoms with Crippen LogP contribution in [0.3, 0.4) is 0 Å². The molecular weight excluding hydrogens is 621 g/mol. The van der Waals surface area contributed by atoms with Crippen molar-refractivity contribution >= 4 is 39.7 Å². The number of aromatic nitrogens is 2. The molecule has 2 aliphatic heterocycles. The van der Waals surface area contributed by atoms with Crippen LogP contribution in [0.5, 0.6) is 0 Å². The first-order valence-corrected chi connectivity index (χ1v) is 17.7. The molecule has 0 saturated heterocycles. The monoisotopic (exact) mass is 656 g/mol. The number of benzene rings is 7. The molecular formula is C47H36N4. The van der Waals surface area contributed by atoms with Gasteiger partial charge in [-0.05, 0) is 76.9 Å². The summed E-state index contributed by atoms with van der Waals surface area (Å²) in [6.07, 6.45) is 0. The fourth-order valence-electron chi connectivity index (χ4n) is 8.75. The Balaban J connectivity index is 1.37. The summed E-state index contributed by atoms with van der Waals surface area (Å²) in [4.78, 5) is 10.3. The van der Waals surface area contributed by atoms with Gasteiger partial charge in [0.25, 0.3) is 0 Å². The van der Waals surface area contributed by atoms with Crippen LogP contribution in [0.2, 0.25) is 0 Å². The zero-order valence-electron chi connectivity index (χ0n) is 28.6. The predicted molar refractivity (Wildman–Crippen MR) is 209 cm³/mol. The average molecular weight is 657 g/mol. The molecule has 8 aromatic rings. The molecule has 4 nitrogen and oxygen atoms in total. The lowest BCUT2D eigenvalue weighted by Crippen LogP contribution is -2.49. The number of hydrogen-bond acceptors (Lipinski definition) is 3. The first-order valence-electron chi connectivity index (χ1n) is 17.7. The summed E-state index contributed by atoms with van der Waals surface area (Å²) in [5.41, 5.74) is 12.9. The molecule has 0 saturated carbocycles. The second-order valence-corrected chi connectivity index (χ2v) is 14.0. The van der Waals surface area contributed by atoms with Crippen molar-refractivity contribution in [3.63, 3.8) is 0 Å². The highest BCUT2D eigenvalue weighted by molar-refractivity contribution is 5.91. The van der Waals surface area contributed by atoms with Crippen molar-refractivity contribution in [3.05, 3.63) is 210 Å². The van der Waals surface area contributed by atoms with Gasteiger partial charge in [-0.1, -0.05) is 141 Å². The minimum absolute atomic E-state index is 0.148. The van der Waals surface area contributed by atoms with Crippen LogP contribution >= 0.6 is 0 Å². The predicted octanol–water partition coefficient (Wildman–Crippen LogP) is 11.6. The molecule has 0 atom stereocenters. The molecule has 0 radical (unpaired) electrons. The molecule has 7 aromatic carbocycles. The van der Waals surface area contributed by atoms with E-state index in [4.69, 9.17) is 4.98 Å². The lowest BCUT2D eigenvalue weighted by molar-refractivity contribution is 0.588. The Morgan fingerprint density at radius 1 is 0.451 bits per heavy atom. The lowest BCUT2D eigenvalue weighted by Gasteiger charge is -2.50. The van der Waals surface area contributed by atoms with Gasteiger partial charge in [-0.2, -0.15) is 0 Å². The normalized spacial score (nSPS) is 15.1. The molecule has 4 heteroatoms. The molecule has 0 bridgehead atoms. The standard InChI is InChI=1S/C47H36N4/c1-46(2)37-24-12-15-27-41(37)49(42-28-16-13-25-38(42)46)36-30-31-43-39(32-36)47(33-18-6-3-7-19-33,34-20-8-4-9-21-34)51(35-22-10-5-11-23-35)45-48-40-26-14-17-29-44(40)50(43)45/h3-32H,1-2H3. The van der Waals surface area contributed by atoms with Gasteiger partial charge < -0.3 is 4.90 Å². The molecule has 1 aromatic heterocycles. The van der Waals surface area contributed by atoms with Crippen LogP contribution < -0.4 is 9.80 Å². The fraction of sp³-hybridized carbons (Fsp3) is 0.0851. The Hall–Kier alpha value is -6.39. The summed E-state index contributed by atoms with van der Waals surface area (Å²) in [7, 11) is 0. The summed E-state index contributed by atoms with van der Waals surface area (Å²) in [5, 5.41) is 0. The van der Waals surface area contributed by atoms with E-state index in [1.165, 1.54) is 28.1 Å². The van der Waals surface area contributed by atoms with Gasteiger partial charge in [0.2, 0.25) is 5.95 Å². The van der Waals surface area contributed by atoms with Crippen LogP contribution in [0.1, 0.15) is 41.7 Å². The Morgan fingerprint density at radius 2 is 0.980 bits per heavy atom. The smallest absolute Gasteiger partial charge is 0.217 e. The van der Waals surface area contributed by atoms with E-state index in [1.54, 1.807) is 0 Å². The van der Waals surface area contributed by atoms with Crippen molar-refractivity contribution in [1.29, 1.82) is 0 Å². The number of fused-ring (bicyclic) bond motifs is 7. The van der Waals surface area contributed by atoms with Crippen LogP contribution in [0, 0.1) is 0 Å². The second-order valence-electron chi connectivity index (χ2n) is 14.0. The molecule has 0 N–H and O–H groups in total. The molecule has 0 amide bonds. The van der Waals surface area contributed by atoms with E-state index in [0.29, 0.717) is 0 Å². The second kappa shape index (κ2) is 11.1. The van der Waals surface area contributed by atoms with E-state index < -0.39 is 5.54 Å². The minimum Gasteiger partial charge on any atom is -0.310 e. The van der Waals surface area contributed by atoms with Crippen molar-refractivity contribution in [1.82, 2.24) is 9.55 Å². The Morgan fingerprint density at radius 3 is 1.61 bits per heavy atom. The van der Waals surface area contributed by atoms with Gasteiger partial charge in [0.05, 0.1) is 28.1 Å². The third-order valence-electron chi connectivity index (χ3n) is 11.0. The van der Waals surface area contributed by atoms with E-state index in [2.05, 4.69) is 210 Å². The van der Waals surface area contributed by atoms with Crippen LogP contribution in [0.25, 0.3) is 16.7 Å². The molecule has 51 heavy (non-hydrogen) atoms. The van der Waals surface area contributed by atoms with Crippen molar-refractivity contribution in [2.45, 2.75) is 24.8 Å². The molecule has 0 fully saturated rings. The van der Waals surface area contributed by atoms with Crippen molar-refractivity contribution in [2.75, 3.05) is 9.80 Å². The highest BCUT2D eigenvalue weighted by atomic mass is 15.4. The summed E-state index contributed by atoms with van der Waals surface area (Å²) in [6.45, 7) is 4.68. The summed E-state index contributed by atoms with van der Waals surface area (Å²) in [5.74, 6) is 0.880. The number of anilines is 5. The van der Waals surface area contributed by atoms with E-state index in [1.807, 2.05) is 0 Å². The summed E-state index contributed by atoms with van der Waals surface area (Å²) in [6, 6.07) is 66.0. The van der Waals surface area contributed by atoms with Crippen molar-refractivity contribution < 1.29 is 0 Å². The van der Waals surface area contributed by atoms with Crippen LogP contribution in [-0.4, -0.2) is 9.55 Å². The van der Waals surface area contributed by atoms with Gasteiger partial charge in [-0.3, -0.25) is 9.47 Å². The Labute approximate surface area is 298 Å². The van der Waals surface area contributed by atoms with E-state index in [9.17, 15) is 0 Å². The lowest BCUT2D eigenvalue weighted by atomic mass is 9.72. The quantitative estimate of drug-likeness (QED) is 0.188. The maximum atomic E-state index is 5.42. The average Bonchev–Trinajstić information content (AvgIpc) is 3.58. The highest BCUT2D eigenvalue weighted by Gasteiger charge is 2.50. The minimum atomic E-state index is -0.777. The SMILES string of the molecule is CC1(C)c2ccccc2N(c2ccc3c(c2)C(c2ccccc2)(c2ccccc2)N(c2ccccc2)c2nc4ccccc4n2-3)c2ccccc21. The van der Waals surface area contributed by atoms with E-state index in [0.717, 1.165) is 45.2 Å². The maximum absolute atomic E-state index is 5.42. The van der Waals surface area contributed by atoms with Gasteiger partial charge in [0.1, 0.15) is 5.54 Å². The third-order valence-corrected chi connectivity index (χ3v) is 11.0.